The number of aromatic carboxylic acids is 1. The summed E-state index contributed by atoms with van der Waals surface area (Å²) in [4.78, 5) is 25.9. The smallest absolute Gasteiger partial charge is 0.335 e. The molecule has 1 aliphatic rings. The minimum atomic E-state index is -1.04. The molecular formula is C23H21N5O4S. The van der Waals surface area contributed by atoms with Gasteiger partial charge in [-0.3, -0.25) is 10.1 Å². The molecule has 3 aromatic rings. The summed E-state index contributed by atoms with van der Waals surface area (Å²) in [5.41, 5.74) is 0.554. The van der Waals surface area contributed by atoms with Gasteiger partial charge in [-0.2, -0.15) is 5.26 Å². The summed E-state index contributed by atoms with van der Waals surface area (Å²) in [5.74, 6) is -0.246. The number of benzene rings is 1. The van der Waals surface area contributed by atoms with Gasteiger partial charge in [0.15, 0.2) is 0 Å². The van der Waals surface area contributed by atoms with Crippen molar-refractivity contribution in [2.24, 2.45) is 5.92 Å². The number of carbonyl (C=O) groups is 2. The van der Waals surface area contributed by atoms with Crippen LogP contribution in [0.4, 0.5) is 10.3 Å². The maximum atomic E-state index is 12.6. The molecule has 2 aromatic heterocycles. The molecule has 1 fully saturated rings. The molecule has 1 amide bonds. The van der Waals surface area contributed by atoms with Gasteiger partial charge in [0.1, 0.15) is 23.2 Å². The minimum absolute atomic E-state index is 0.133. The Morgan fingerprint density at radius 1 is 1.27 bits per heavy atom. The van der Waals surface area contributed by atoms with E-state index in [0.717, 1.165) is 31.1 Å². The Morgan fingerprint density at radius 2 is 2.06 bits per heavy atom. The SMILES string of the molecule is CC1CCN(c2nnc(NC(=O)/C(C#N)=C\c3ccc(-c4cccc(C(=O)O)c4)o3)s2)CC1. The van der Waals surface area contributed by atoms with Gasteiger partial charge in [-0.05, 0) is 43.0 Å². The van der Waals surface area contributed by atoms with Crippen molar-refractivity contribution in [2.75, 3.05) is 23.3 Å². The monoisotopic (exact) mass is 463 g/mol. The van der Waals surface area contributed by atoms with Crippen molar-refractivity contribution in [3.63, 3.8) is 0 Å². The number of carbonyl (C=O) groups excluding carboxylic acids is 1. The molecule has 0 spiro atoms. The maximum absolute atomic E-state index is 12.6. The molecule has 0 radical (unpaired) electrons. The van der Waals surface area contributed by atoms with Gasteiger partial charge in [-0.1, -0.05) is 30.4 Å². The van der Waals surface area contributed by atoms with Crippen LogP contribution in [0.15, 0.2) is 46.4 Å². The van der Waals surface area contributed by atoms with Crippen LogP contribution < -0.4 is 10.2 Å². The van der Waals surface area contributed by atoms with Gasteiger partial charge < -0.3 is 14.4 Å². The van der Waals surface area contributed by atoms with E-state index in [1.807, 2.05) is 6.07 Å². The first-order valence-electron chi connectivity index (χ1n) is 10.4. The Balaban J connectivity index is 1.45. The highest BCUT2D eigenvalue weighted by molar-refractivity contribution is 7.19. The number of carboxylic acids is 1. The quantitative estimate of drug-likeness (QED) is 0.409. The molecule has 1 aliphatic heterocycles. The van der Waals surface area contributed by atoms with E-state index in [1.165, 1.54) is 29.5 Å². The highest BCUT2D eigenvalue weighted by Gasteiger charge is 2.20. The van der Waals surface area contributed by atoms with Crippen LogP contribution in [-0.4, -0.2) is 40.3 Å². The van der Waals surface area contributed by atoms with Crippen LogP contribution in [0.3, 0.4) is 0 Å². The van der Waals surface area contributed by atoms with Crippen LogP contribution >= 0.6 is 11.3 Å². The molecule has 0 atom stereocenters. The first kappa shape index (κ1) is 22.2. The molecular weight excluding hydrogens is 442 g/mol. The fraction of sp³-hybridized carbons (Fsp3) is 0.261. The molecule has 0 saturated carbocycles. The molecule has 1 saturated heterocycles. The van der Waals surface area contributed by atoms with Crippen LogP contribution in [0.2, 0.25) is 0 Å². The first-order valence-corrected chi connectivity index (χ1v) is 11.2. The summed E-state index contributed by atoms with van der Waals surface area (Å²) >= 11 is 1.27. The van der Waals surface area contributed by atoms with Crippen LogP contribution in [0.5, 0.6) is 0 Å². The Morgan fingerprint density at radius 3 is 2.79 bits per heavy atom. The number of rotatable bonds is 6. The molecule has 3 heterocycles. The molecule has 168 valence electrons. The first-order chi connectivity index (χ1) is 15.9. The second-order valence-corrected chi connectivity index (χ2v) is 8.73. The van der Waals surface area contributed by atoms with Gasteiger partial charge in [-0.15, -0.1) is 10.2 Å². The van der Waals surface area contributed by atoms with E-state index < -0.39 is 11.9 Å². The fourth-order valence-corrected chi connectivity index (χ4v) is 4.23. The van der Waals surface area contributed by atoms with Gasteiger partial charge in [0.25, 0.3) is 5.91 Å². The molecule has 0 unspecified atom stereocenters. The van der Waals surface area contributed by atoms with Crippen molar-refractivity contribution in [3.8, 4) is 17.4 Å². The Bertz CT molecular complexity index is 1250. The standard InChI is InChI=1S/C23H21N5O4S/c1-14-7-9-28(10-8-14)23-27-26-22(33-23)25-20(29)17(13-24)12-18-5-6-19(32-18)15-3-2-4-16(11-15)21(30)31/h2-6,11-12,14H,7-10H2,1H3,(H,30,31)(H,25,26,29)/b17-12-. The van der Waals surface area contributed by atoms with Crippen molar-refractivity contribution in [3.05, 3.63) is 53.3 Å². The molecule has 0 bridgehead atoms. The lowest BCUT2D eigenvalue weighted by molar-refractivity contribution is -0.112. The lowest BCUT2D eigenvalue weighted by Crippen LogP contribution is -2.32. The number of aromatic nitrogens is 2. The zero-order valence-electron chi connectivity index (χ0n) is 17.8. The Labute approximate surface area is 194 Å². The fourth-order valence-electron chi connectivity index (χ4n) is 3.44. The second kappa shape index (κ2) is 9.67. The van der Waals surface area contributed by atoms with Crippen LogP contribution in [0, 0.1) is 17.2 Å². The van der Waals surface area contributed by atoms with E-state index in [2.05, 4.69) is 27.3 Å². The molecule has 2 N–H and O–H groups in total. The van der Waals surface area contributed by atoms with E-state index in [-0.39, 0.29) is 16.9 Å². The van der Waals surface area contributed by atoms with Crippen LogP contribution in [0.1, 0.15) is 35.9 Å². The van der Waals surface area contributed by atoms with Crippen molar-refractivity contribution >= 4 is 39.6 Å². The lowest BCUT2D eigenvalue weighted by Gasteiger charge is -2.29. The van der Waals surface area contributed by atoms with E-state index in [1.54, 1.807) is 24.3 Å². The third-order valence-electron chi connectivity index (χ3n) is 5.36. The number of furan rings is 1. The second-order valence-electron chi connectivity index (χ2n) is 7.77. The highest BCUT2D eigenvalue weighted by atomic mass is 32.1. The van der Waals surface area contributed by atoms with Gasteiger partial charge in [0, 0.05) is 24.7 Å². The number of carboxylic acid groups (broad SMARTS) is 1. The summed E-state index contributed by atoms with van der Waals surface area (Å²) in [6, 6.07) is 11.4. The average molecular weight is 464 g/mol. The van der Waals surface area contributed by atoms with Gasteiger partial charge in [-0.25, -0.2) is 4.79 Å². The van der Waals surface area contributed by atoms with Crippen molar-refractivity contribution in [1.29, 1.82) is 5.26 Å². The van der Waals surface area contributed by atoms with Gasteiger partial charge >= 0.3 is 5.97 Å². The number of nitrogens with one attached hydrogen (secondary N) is 1. The van der Waals surface area contributed by atoms with E-state index in [0.29, 0.717) is 22.4 Å². The molecule has 4 rings (SSSR count). The predicted molar refractivity (Wildman–Crippen MR) is 124 cm³/mol. The number of piperidine rings is 1. The summed E-state index contributed by atoms with van der Waals surface area (Å²) in [5, 5.41) is 30.5. The zero-order chi connectivity index (χ0) is 23.4. The molecule has 10 heteroatoms. The molecule has 33 heavy (non-hydrogen) atoms. The van der Waals surface area contributed by atoms with E-state index >= 15 is 0 Å². The molecule has 0 aliphatic carbocycles. The molecule has 1 aromatic carbocycles. The number of amides is 1. The van der Waals surface area contributed by atoms with Crippen molar-refractivity contribution < 1.29 is 19.1 Å². The molecule has 9 nitrogen and oxygen atoms in total. The largest absolute Gasteiger partial charge is 0.478 e. The highest BCUT2D eigenvalue weighted by Crippen LogP contribution is 2.29. The lowest BCUT2D eigenvalue weighted by atomic mass is 10.00. The predicted octanol–water partition coefficient (Wildman–Crippen LogP) is 4.28. The van der Waals surface area contributed by atoms with Gasteiger partial charge in [0.2, 0.25) is 10.3 Å². The van der Waals surface area contributed by atoms with Gasteiger partial charge in [0.05, 0.1) is 5.56 Å². The third-order valence-corrected chi connectivity index (χ3v) is 6.26. The van der Waals surface area contributed by atoms with Crippen LogP contribution in [0.25, 0.3) is 17.4 Å². The third kappa shape index (κ3) is 5.27. The summed E-state index contributed by atoms with van der Waals surface area (Å²) in [6.45, 7) is 4.04. The summed E-state index contributed by atoms with van der Waals surface area (Å²) in [7, 11) is 0. The average Bonchev–Trinajstić information content (AvgIpc) is 3.48. The number of hydrogen-bond donors (Lipinski definition) is 2. The maximum Gasteiger partial charge on any atom is 0.335 e. The zero-order valence-corrected chi connectivity index (χ0v) is 18.6. The summed E-state index contributed by atoms with van der Waals surface area (Å²) in [6.07, 6.45) is 3.51. The normalized spacial score (nSPS) is 14.7. The number of nitriles is 1. The Hall–Kier alpha value is -3.97. The number of hydrogen-bond acceptors (Lipinski definition) is 8. The van der Waals surface area contributed by atoms with Crippen molar-refractivity contribution in [2.45, 2.75) is 19.8 Å². The number of anilines is 2. The topological polar surface area (TPSA) is 132 Å². The summed E-state index contributed by atoms with van der Waals surface area (Å²) < 4.78 is 5.70. The van der Waals surface area contributed by atoms with E-state index in [4.69, 9.17) is 9.52 Å². The van der Waals surface area contributed by atoms with Crippen LogP contribution in [-0.2, 0) is 4.79 Å². The number of nitrogens with zero attached hydrogens (tertiary/aromatic N) is 4. The minimum Gasteiger partial charge on any atom is -0.478 e. The Kier molecular flexibility index (Phi) is 6.51. The van der Waals surface area contributed by atoms with E-state index in [9.17, 15) is 14.9 Å². The van der Waals surface area contributed by atoms with Crippen molar-refractivity contribution in [1.82, 2.24) is 10.2 Å².